The Morgan fingerprint density at radius 3 is 2.48 bits per heavy atom. The summed E-state index contributed by atoms with van der Waals surface area (Å²) in [6.45, 7) is 0.148. The minimum absolute atomic E-state index is 0.148. The Morgan fingerprint density at radius 2 is 1.70 bits per heavy atom. The summed E-state index contributed by atoms with van der Waals surface area (Å²) in [5.74, 6) is 1.25. The molecule has 136 valence electrons. The smallest absolute Gasteiger partial charge is 0.259 e. The van der Waals surface area contributed by atoms with Crippen LogP contribution >= 0.6 is 22.6 Å². The van der Waals surface area contributed by atoms with Crippen LogP contribution in [0.2, 0.25) is 0 Å². The summed E-state index contributed by atoms with van der Waals surface area (Å²) in [6, 6.07) is 24.8. The second-order valence-electron chi connectivity index (χ2n) is 5.64. The summed E-state index contributed by atoms with van der Waals surface area (Å²) in [4.78, 5) is 11.9. The number of benzene rings is 3. The Balaban J connectivity index is 1.49. The zero-order valence-corrected chi connectivity index (χ0v) is 16.6. The third kappa shape index (κ3) is 6.41. The molecule has 0 heterocycles. The van der Waals surface area contributed by atoms with Crippen LogP contribution in [0.5, 0.6) is 11.5 Å². The van der Waals surface area contributed by atoms with Gasteiger partial charge in [0.2, 0.25) is 0 Å². The van der Waals surface area contributed by atoms with E-state index < -0.39 is 0 Å². The number of hydrogen-bond acceptors (Lipinski definition) is 4. The number of rotatable bonds is 7. The van der Waals surface area contributed by atoms with Crippen molar-refractivity contribution in [3.63, 3.8) is 0 Å². The average Bonchev–Trinajstić information content (AvgIpc) is 2.69. The zero-order chi connectivity index (χ0) is 18.9. The molecule has 5 nitrogen and oxygen atoms in total. The first-order chi connectivity index (χ1) is 13.2. The maximum Gasteiger partial charge on any atom is 0.259 e. The number of nitrogens with one attached hydrogen (secondary N) is 2. The molecule has 3 aromatic carbocycles. The van der Waals surface area contributed by atoms with E-state index in [9.17, 15) is 4.79 Å². The second-order valence-corrected chi connectivity index (χ2v) is 6.89. The number of carbonyl (C=O) groups excluding carboxylic acids is 1. The van der Waals surface area contributed by atoms with Gasteiger partial charge < -0.3 is 10.1 Å². The standard InChI is InChI=1S/C21H18IN3O2/c22-17-9-11-18(12-10-17)23-15-21(26)25-24-14-16-5-4-8-20(13-16)27-19-6-2-1-3-7-19/h1-14,23H,15H2,(H,25,26)/b24-14+. The van der Waals surface area contributed by atoms with E-state index in [-0.39, 0.29) is 12.5 Å². The molecule has 6 heteroatoms. The van der Waals surface area contributed by atoms with Crippen molar-refractivity contribution in [2.45, 2.75) is 0 Å². The summed E-state index contributed by atoms with van der Waals surface area (Å²) in [5, 5.41) is 7.04. The van der Waals surface area contributed by atoms with Crippen LogP contribution in [0.25, 0.3) is 0 Å². The van der Waals surface area contributed by atoms with Crippen molar-refractivity contribution >= 4 is 40.4 Å². The van der Waals surface area contributed by atoms with Crippen LogP contribution in [0, 0.1) is 3.57 Å². The van der Waals surface area contributed by atoms with Crippen molar-refractivity contribution in [3.05, 3.63) is 88.0 Å². The molecule has 3 rings (SSSR count). The van der Waals surface area contributed by atoms with Crippen LogP contribution in [0.3, 0.4) is 0 Å². The Bertz CT molecular complexity index is 912. The summed E-state index contributed by atoms with van der Waals surface area (Å²) in [6.07, 6.45) is 1.58. The van der Waals surface area contributed by atoms with E-state index in [4.69, 9.17) is 4.74 Å². The fraction of sp³-hybridized carbons (Fsp3) is 0.0476. The van der Waals surface area contributed by atoms with Gasteiger partial charge in [0, 0.05) is 9.26 Å². The van der Waals surface area contributed by atoms with Gasteiger partial charge in [0.05, 0.1) is 12.8 Å². The molecule has 0 fully saturated rings. The number of hydrazone groups is 1. The number of carbonyl (C=O) groups is 1. The highest BCUT2D eigenvalue weighted by Crippen LogP contribution is 2.21. The molecule has 0 aliphatic carbocycles. The predicted molar refractivity (Wildman–Crippen MR) is 116 cm³/mol. The number of amides is 1. The van der Waals surface area contributed by atoms with Gasteiger partial charge in [-0.25, -0.2) is 5.43 Å². The van der Waals surface area contributed by atoms with E-state index in [2.05, 4.69) is 38.4 Å². The summed E-state index contributed by atoms with van der Waals surface area (Å²) in [7, 11) is 0. The Morgan fingerprint density at radius 1 is 0.963 bits per heavy atom. The number of para-hydroxylation sites is 1. The van der Waals surface area contributed by atoms with Gasteiger partial charge in [-0.3, -0.25) is 4.79 Å². The molecule has 27 heavy (non-hydrogen) atoms. The van der Waals surface area contributed by atoms with E-state index in [0.717, 1.165) is 20.6 Å². The molecule has 0 atom stereocenters. The van der Waals surface area contributed by atoms with Gasteiger partial charge in [0.15, 0.2) is 0 Å². The lowest BCUT2D eigenvalue weighted by atomic mass is 10.2. The van der Waals surface area contributed by atoms with Crippen LogP contribution in [0.15, 0.2) is 84.0 Å². The van der Waals surface area contributed by atoms with Gasteiger partial charge in [-0.2, -0.15) is 5.10 Å². The first-order valence-electron chi connectivity index (χ1n) is 8.33. The Kier molecular flexibility index (Phi) is 6.81. The monoisotopic (exact) mass is 471 g/mol. The molecule has 0 aliphatic heterocycles. The molecule has 1 amide bonds. The summed E-state index contributed by atoms with van der Waals surface area (Å²) >= 11 is 2.24. The zero-order valence-electron chi connectivity index (χ0n) is 14.4. The van der Waals surface area contributed by atoms with E-state index in [1.807, 2.05) is 78.9 Å². The first-order valence-corrected chi connectivity index (χ1v) is 9.41. The number of nitrogens with zero attached hydrogens (tertiary/aromatic N) is 1. The first kappa shape index (κ1) is 18.9. The molecule has 3 aromatic rings. The van der Waals surface area contributed by atoms with Crippen LogP contribution in [-0.2, 0) is 4.79 Å². The maximum absolute atomic E-state index is 11.9. The highest BCUT2D eigenvalue weighted by Gasteiger charge is 2.00. The number of halogens is 1. The lowest BCUT2D eigenvalue weighted by Crippen LogP contribution is -2.25. The van der Waals surface area contributed by atoms with Crippen molar-refractivity contribution in [1.82, 2.24) is 5.43 Å². The summed E-state index contributed by atoms with van der Waals surface area (Å²) < 4.78 is 6.93. The van der Waals surface area contributed by atoms with Crippen molar-refractivity contribution in [1.29, 1.82) is 0 Å². The molecule has 0 spiro atoms. The topological polar surface area (TPSA) is 62.7 Å². The number of hydrogen-bond donors (Lipinski definition) is 2. The second kappa shape index (κ2) is 9.72. The van der Waals surface area contributed by atoms with Crippen LogP contribution in [0.1, 0.15) is 5.56 Å². The van der Waals surface area contributed by atoms with Gasteiger partial charge in [0.25, 0.3) is 5.91 Å². The Hall–Kier alpha value is -2.87. The largest absolute Gasteiger partial charge is 0.457 e. The summed E-state index contributed by atoms with van der Waals surface area (Å²) in [5.41, 5.74) is 4.22. The van der Waals surface area contributed by atoms with Crippen molar-refractivity contribution in [3.8, 4) is 11.5 Å². The predicted octanol–water partition coefficient (Wildman–Crippen LogP) is 4.65. The molecule has 0 saturated carbocycles. The minimum Gasteiger partial charge on any atom is -0.457 e. The molecule has 0 aliphatic rings. The van der Waals surface area contributed by atoms with Crippen molar-refractivity contribution < 1.29 is 9.53 Å². The minimum atomic E-state index is -0.221. The molecule has 2 N–H and O–H groups in total. The number of ether oxygens (including phenoxy) is 1. The van der Waals surface area contributed by atoms with Gasteiger partial charge in [-0.15, -0.1) is 0 Å². The third-order valence-corrected chi connectivity index (χ3v) is 4.26. The van der Waals surface area contributed by atoms with E-state index in [1.165, 1.54) is 0 Å². The highest BCUT2D eigenvalue weighted by molar-refractivity contribution is 14.1. The fourth-order valence-corrected chi connectivity index (χ4v) is 2.61. The molecular formula is C21H18IN3O2. The van der Waals surface area contributed by atoms with Gasteiger partial charge in [-0.05, 0) is 76.7 Å². The van der Waals surface area contributed by atoms with Crippen molar-refractivity contribution in [2.24, 2.45) is 5.10 Å². The SMILES string of the molecule is O=C(CNc1ccc(I)cc1)N/N=C/c1cccc(Oc2ccccc2)c1. The van der Waals surface area contributed by atoms with Gasteiger partial charge in [0.1, 0.15) is 11.5 Å². The maximum atomic E-state index is 11.9. The third-order valence-electron chi connectivity index (χ3n) is 3.54. The molecular weight excluding hydrogens is 453 g/mol. The van der Waals surface area contributed by atoms with Crippen LogP contribution < -0.4 is 15.5 Å². The molecule has 0 saturated heterocycles. The molecule has 0 unspecified atom stereocenters. The van der Waals surface area contributed by atoms with E-state index >= 15 is 0 Å². The highest BCUT2D eigenvalue weighted by atomic mass is 127. The number of anilines is 1. The molecule has 0 bridgehead atoms. The molecule has 0 radical (unpaired) electrons. The lowest BCUT2D eigenvalue weighted by molar-refractivity contribution is -0.119. The van der Waals surface area contributed by atoms with Crippen molar-refractivity contribution in [2.75, 3.05) is 11.9 Å². The average molecular weight is 471 g/mol. The Labute approximate surface area is 171 Å². The van der Waals surface area contributed by atoms with Gasteiger partial charge >= 0.3 is 0 Å². The normalized spacial score (nSPS) is 10.6. The fourth-order valence-electron chi connectivity index (χ4n) is 2.25. The molecule has 0 aromatic heterocycles. The lowest BCUT2D eigenvalue weighted by Gasteiger charge is -2.06. The quantitative estimate of drug-likeness (QED) is 0.300. The van der Waals surface area contributed by atoms with E-state index in [0.29, 0.717) is 5.75 Å². The van der Waals surface area contributed by atoms with E-state index in [1.54, 1.807) is 6.21 Å². The van der Waals surface area contributed by atoms with Gasteiger partial charge in [-0.1, -0.05) is 30.3 Å². The van der Waals surface area contributed by atoms with Crippen LogP contribution in [0.4, 0.5) is 5.69 Å². The van der Waals surface area contributed by atoms with Crippen LogP contribution in [-0.4, -0.2) is 18.7 Å².